The number of amides is 1. The summed E-state index contributed by atoms with van der Waals surface area (Å²) in [7, 11) is 1.34. The van der Waals surface area contributed by atoms with Gasteiger partial charge in [-0.2, -0.15) is 0 Å². The fourth-order valence-corrected chi connectivity index (χ4v) is 3.58. The number of carbonyl (C=O) groups is 2. The van der Waals surface area contributed by atoms with Crippen LogP contribution in [0, 0.1) is 0 Å². The van der Waals surface area contributed by atoms with E-state index in [4.69, 9.17) is 4.74 Å². The molecule has 0 saturated heterocycles. The molecule has 3 aromatic rings. The number of methoxy groups -OCH3 is 1. The highest BCUT2D eigenvalue weighted by atomic mass is 79.9. The Morgan fingerprint density at radius 3 is 2.88 bits per heavy atom. The molecule has 0 radical (unpaired) electrons. The third kappa shape index (κ3) is 3.68. The number of esters is 1. The predicted molar refractivity (Wildman–Crippen MR) is 97.2 cm³/mol. The summed E-state index contributed by atoms with van der Waals surface area (Å²) in [5, 5.41) is 5.75. The van der Waals surface area contributed by atoms with Crippen molar-refractivity contribution in [2.75, 3.05) is 7.11 Å². The molecule has 0 unspecified atom stereocenters. The summed E-state index contributed by atoms with van der Waals surface area (Å²) in [4.78, 5) is 28.2. The van der Waals surface area contributed by atoms with Crippen molar-refractivity contribution in [1.29, 1.82) is 0 Å². The van der Waals surface area contributed by atoms with Crippen molar-refractivity contribution in [3.8, 4) is 0 Å². The Morgan fingerprint density at radius 1 is 1.33 bits per heavy atom. The molecular weight excluding hydrogens is 392 g/mol. The first-order chi connectivity index (χ1) is 11.6. The number of aromatic amines is 1. The molecule has 0 saturated carbocycles. The number of rotatable bonds is 5. The van der Waals surface area contributed by atoms with Crippen LogP contribution in [0.2, 0.25) is 0 Å². The van der Waals surface area contributed by atoms with Gasteiger partial charge >= 0.3 is 5.97 Å². The molecule has 0 spiro atoms. The van der Waals surface area contributed by atoms with Gasteiger partial charge in [-0.1, -0.05) is 22.0 Å². The number of H-pyrrole nitrogens is 1. The van der Waals surface area contributed by atoms with E-state index >= 15 is 0 Å². The fourth-order valence-electron chi connectivity index (χ4n) is 2.42. The first-order valence-electron chi connectivity index (χ1n) is 7.26. The second-order valence-corrected chi connectivity index (χ2v) is 7.13. The number of halogens is 1. The predicted octanol–water partition coefficient (Wildman–Crippen LogP) is 4.03. The molecule has 0 aliphatic rings. The minimum atomic E-state index is -0.414. The number of carbonyl (C=O) groups excluding carboxylic acids is 2. The molecule has 3 rings (SSSR count). The first-order valence-corrected chi connectivity index (χ1v) is 8.93. The zero-order valence-electron chi connectivity index (χ0n) is 12.8. The second kappa shape index (κ2) is 7.19. The van der Waals surface area contributed by atoms with E-state index in [0.717, 1.165) is 20.3 Å². The standard InChI is InChI=1S/C17H15BrN2O3S/c1-23-16(21)9-13(15-3-2-6-24-15)20-17(22)14-8-10-7-11(18)4-5-12(10)19-14/h2-8,13,19H,9H2,1H3,(H,20,22)/t13-/m1/s1. The first kappa shape index (κ1) is 16.7. The Balaban J connectivity index is 1.82. The highest BCUT2D eigenvalue weighted by Crippen LogP contribution is 2.24. The zero-order chi connectivity index (χ0) is 17.1. The average Bonchev–Trinajstić information content (AvgIpc) is 3.22. The van der Waals surface area contributed by atoms with Gasteiger partial charge in [-0.25, -0.2) is 0 Å². The molecule has 1 aromatic carbocycles. The maximum Gasteiger partial charge on any atom is 0.307 e. The molecule has 2 heterocycles. The quantitative estimate of drug-likeness (QED) is 0.628. The van der Waals surface area contributed by atoms with E-state index in [2.05, 4.69) is 26.2 Å². The molecule has 0 fully saturated rings. The maximum absolute atomic E-state index is 12.6. The maximum atomic E-state index is 12.6. The molecule has 2 aromatic heterocycles. The van der Waals surface area contributed by atoms with Crippen LogP contribution in [0.3, 0.4) is 0 Å². The molecule has 0 bridgehead atoms. The lowest BCUT2D eigenvalue weighted by Gasteiger charge is -2.15. The third-order valence-electron chi connectivity index (χ3n) is 3.62. The molecule has 124 valence electrons. The van der Waals surface area contributed by atoms with Crippen molar-refractivity contribution in [1.82, 2.24) is 10.3 Å². The van der Waals surface area contributed by atoms with E-state index in [0.29, 0.717) is 5.69 Å². The van der Waals surface area contributed by atoms with Crippen LogP contribution >= 0.6 is 27.3 Å². The number of hydrogen-bond acceptors (Lipinski definition) is 4. The van der Waals surface area contributed by atoms with Crippen LogP contribution in [0.25, 0.3) is 10.9 Å². The van der Waals surface area contributed by atoms with Crippen LogP contribution in [0.1, 0.15) is 27.8 Å². The molecule has 7 heteroatoms. The van der Waals surface area contributed by atoms with Crippen LogP contribution in [0.4, 0.5) is 0 Å². The summed E-state index contributed by atoms with van der Waals surface area (Å²) in [6.07, 6.45) is 0.0918. The summed E-state index contributed by atoms with van der Waals surface area (Å²) in [6, 6.07) is 10.9. The van der Waals surface area contributed by atoms with Crippen molar-refractivity contribution in [2.45, 2.75) is 12.5 Å². The molecule has 2 N–H and O–H groups in total. The minimum Gasteiger partial charge on any atom is -0.469 e. The number of thiophene rings is 1. The van der Waals surface area contributed by atoms with Crippen LogP contribution in [0.5, 0.6) is 0 Å². The lowest BCUT2D eigenvalue weighted by molar-refractivity contribution is -0.141. The Hall–Kier alpha value is -2.12. The molecule has 1 atom stereocenters. The smallest absolute Gasteiger partial charge is 0.307 e. The number of fused-ring (bicyclic) bond motifs is 1. The minimum absolute atomic E-state index is 0.0918. The van der Waals surface area contributed by atoms with Crippen LogP contribution in [-0.4, -0.2) is 24.0 Å². The second-order valence-electron chi connectivity index (χ2n) is 5.24. The van der Waals surface area contributed by atoms with Gasteiger partial charge < -0.3 is 15.0 Å². The lowest BCUT2D eigenvalue weighted by Crippen LogP contribution is -2.30. The van der Waals surface area contributed by atoms with Crippen molar-refractivity contribution < 1.29 is 14.3 Å². The van der Waals surface area contributed by atoms with Gasteiger partial charge in [0.2, 0.25) is 0 Å². The summed E-state index contributed by atoms with van der Waals surface area (Å²) in [5.74, 6) is -0.626. The van der Waals surface area contributed by atoms with E-state index in [-0.39, 0.29) is 18.3 Å². The van der Waals surface area contributed by atoms with Gasteiger partial charge in [0.05, 0.1) is 19.6 Å². The summed E-state index contributed by atoms with van der Waals surface area (Å²) in [5.41, 5.74) is 1.33. The van der Waals surface area contributed by atoms with Crippen LogP contribution in [0.15, 0.2) is 46.3 Å². The topological polar surface area (TPSA) is 71.2 Å². The van der Waals surface area contributed by atoms with Gasteiger partial charge in [0.15, 0.2) is 0 Å². The Kier molecular flexibility index (Phi) is 5.01. The number of aromatic nitrogens is 1. The number of hydrogen-bond donors (Lipinski definition) is 2. The number of ether oxygens (including phenoxy) is 1. The highest BCUT2D eigenvalue weighted by molar-refractivity contribution is 9.10. The van der Waals surface area contributed by atoms with Gasteiger partial charge in [0.25, 0.3) is 5.91 Å². The number of nitrogens with one attached hydrogen (secondary N) is 2. The van der Waals surface area contributed by atoms with Crippen LogP contribution < -0.4 is 5.32 Å². The third-order valence-corrected chi connectivity index (χ3v) is 5.10. The van der Waals surface area contributed by atoms with Gasteiger partial charge in [0.1, 0.15) is 5.69 Å². The lowest BCUT2D eigenvalue weighted by atomic mass is 10.1. The van der Waals surface area contributed by atoms with Gasteiger partial charge in [-0.15, -0.1) is 11.3 Å². The van der Waals surface area contributed by atoms with Crippen molar-refractivity contribution >= 4 is 50.0 Å². The molecule has 0 aliphatic heterocycles. The Bertz CT molecular complexity index is 873. The van der Waals surface area contributed by atoms with Crippen molar-refractivity contribution in [3.63, 3.8) is 0 Å². The summed E-state index contributed by atoms with van der Waals surface area (Å²) in [6.45, 7) is 0. The Morgan fingerprint density at radius 2 is 2.17 bits per heavy atom. The SMILES string of the molecule is COC(=O)C[C@@H](NC(=O)c1cc2cc(Br)ccc2[nH]1)c1cccs1. The van der Waals surface area contributed by atoms with E-state index < -0.39 is 6.04 Å². The molecule has 0 aliphatic carbocycles. The van der Waals surface area contributed by atoms with Gasteiger partial charge in [-0.05, 0) is 35.7 Å². The van der Waals surface area contributed by atoms with E-state index in [1.54, 1.807) is 6.07 Å². The normalized spacial score (nSPS) is 12.1. The van der Waals surface area contributed by atoms with E-state index in [1.165, 1.54) is 18.4 Å². The summed E-state index contributed by atoms with van der Waals surface area (Å²) < 4.78 is 5.68. The zero-order valence-corrected chi connectivity index (χ0v) is 15.2. The van der Waals surface area contributed by atoms with E-state index in [1.807, 2.05) is 35.7 Å². The molecule has 5 nitrogen and oxygen atoms in total. The van der Waals surface area contributed by atoms with Crippen LogP contribution in [-0.2, 0) is 9.53 Å². The fraction of sp³-hybridized carbons (Fsp3) is 0.176. The van der Waals surface area contributed by atoms with Crippen molar-refractivity contribution in [2.24, 2.45) is 0 Å². The largest absolute Gasteiger partial charge is 0.469 e. The Labute approximate surface area is 151 Å². The van der Waals surface area contributed by atoms with E-state index in [9.17, 15) is 9.59 Å². The monoisotopic (exact) mass is 406 g/mol. The van der Waals surface area contributed by atoms with Gasteiger partial charge in [-0.3, -0.25) is 9.59 Å². The number of benzene rings is 1. The highest BCUT2D eigenvalue weighted by Gasteiger charge is 2.21. The molecule has 1 amide bonds. The molecular formula is C17H15BrN2O3S. The molecule has 24 heavy (non-hydrogen) atoms. The van der Waals surface area contributed by atoms with Gasteiger partial charge in [0, 0.05) is 20.3 Å². The average molecular weight is 407 g/mol. The summed E-state index contributed by atoms with van der Waals surface area (Å²) >= 11 is 4.90. The van der Waals surface area contributed by atoms with Crippen molar-refractivity contribution in [3.05, 3.63) is 56.8 Å².